The molecule has 0 unspecified atom stereocenters. The van der Waals surface area contributed by atoms with E-state index in [-0.39, 0.29) is 18.6 Å². The highest BCUT2D eigenvalue weighted by molar-refractivity contribution is 5.80. The van der Waals surface area contributed by atoms with Crippen molar-refractivity contribution in [2.24, 2.45) is 5.92 Å². The Morgan fingerprint density at radius 1 is 1.31 bits per heavy atom. The Labute approximate surface area is 93.5 Å². The summed E-state index contributed by atoms with van der Waals surface area (Å²) < 4.78 is 10.5. The lowest BCUT2D eigenvalue weighted by atomic mass is 10.2. The smallest absolute Gasteiger partial charge is 0.231 e. The highest BCUT2D eigenvalue weighted by Gasteiger charge is 2.29. The van der Waals surface area contributed by atoms with Gasteiger partial charge < -0.3 is 14.8 Å². The Bertz CT molecular complexity index is 426. The van der Waals surface area contributed by atoms with Gasteiger partial charge in [-0.05, 0) is 30.5 Å². The molecular weight excluding hydrogens is 206 g/mol. The average molecular weight is 219 g/mol. The maximum atomic E-state index is 11.4. The molecule has 1 aromatic rings. The molecule has 1 aliphatic heterocycles. The topological polar surface area (TPSA) is 47.6 Å². The van der Waals surface area contributed by atoms with Crippen LogP contribution in [-0.2, 0) is 11.3 Å². The van der Waals surface area contributed by atoms with Crippen molar-refractivity contribution in [3.05, 3.63) is 23.8 Å². The molecule has 3 rings (SSSR count). The Kier molecular flexibility index (Phi) is 2.20. The zero-order valence-electron chi connectivity index (χ0n) is 8.86. The summed E-state index contributed by atoms with van der Waals surface area (Å²) in [5.41, 5.74) is 1.04. The van der Waals surface area contributed by atoms with Crippen molar-refractivity contribution in [1.29, 1.82) is 0 Å². The molecule has 4 heteroatoms. The summed E-state index contributed by atoms with van der Waals surface area (Å²) in [4.78, 5) is 11.4. The second-order valence-corrected chi connectivity index (χ2v) is 4.18. The van der Waals surface area contributed by atoms with Gasteiger partial charge in [0.2, 0.25) is 12.7 Å². The van der Waals surface area contributed by atoms with Crippen molar-refractivity contribution in [1.82, 2.24) is 5.32 Å². The first-order valence-corrected chi connectivity index (χ1v) is 5.49. The number of amides is 1. The maximum absolute atomic E-state index is 11.4. The van der Waals surface area contributed by atoms with Gasteiger partial charge in [0.1, 0.15) is 0 Å². The van der Waals surface area contributed by atoms with Crippen LogP contribution in [0.5, 0.6) is 11.5 Å². The summed E-state index contributed by atoms with van der Waals surface area (Å²) in [7, 11) is 0. The first-order valence-electron chi connectivity index (χ1n) is 5.49. The van der Waals surface area contributed by atoms with Gasteiger partial charge in [0.25, 0.3) is 0 Å². The number of ether oxygens (including phenoxy) is 2. The van der Waals surface area contributed by atoms with Gasteiger partial charge in [-0.15, -0.1) is 0 Å². The highest BCUT2D eigenvalue weighted by Crippen LogP contribution is 2.32. The summed E-state index contributed by atoms with van der Waals surface area (Å²) in [5, 5.41) is 2.92. The zero-order valence-corrected chi connectivity index (χ0v) is 8.86. The van der Waals surface area contributed by atoms with Crippen LogP contribution in [0.2, 0.25) is 0 Å². The van der Waals surface area contributed by atoms with E-state index in [0.29, 0.717) is 6.54 Å². The first kappa shape index (κ1) is 9.51. The van der Waals surface area contributed by atoms with E-state index in [1.165, 1.54) is 0 Å². The van der Waals surface area contributed by atoms with Crippen molar-refractivity contribution in [3.8, 4) is 11.5 Å². The largest absolute Gasteiger partial charge is 0.454 e. The Balaban J connectivity index is 1.63. The van der Waals surface area contributed by atoms with Gasteiger partial charge in [-0.1, -0.05) is 6.07 Å². The fourth-order valence-electron chi connectivity index (χ4n) is 1.73. The van der Waals surface area contributed by atoms with Crippen LogP contribution in [0, 0.1) is 5.92 Å². The maximum Gasteiger partial charge on any atom is 0.231 e. The monoisotopic (exact) mass is 219 g/mol. The van der Waals surface area contributed by atoms with Crippen LogP contribution in [0.3, 0.4) is 0 Å². The van der Waals surface area contributed by atoms with E-state index >= 15 is 0 Å². The molecule has 4 nitrogen and oxygen atoms in total. The molecule has 1 amide bonds. The summed E-state index contributed by atoms with van der Waals surface area (Å²) in [6, 6.07) is 5.73. The molecule has 1 fully saturated rings. The molecule has 84 valence electrons. The summed E-state index contributed by atoms with van der Waals surface area (Å²) >= 11 is 0. The van der Waals surface area contributed by atoms with E-state index in [1.54, 1.807) is 0 Å². The molecule has 0 atom stereocenters. The van der Waals surface area contributed by atoms with E-state index in [9.17, 15) is 4.79 Å². The molecule has 1 aliphatic carbocycles. The van der Waals surface area contributed by atoms with Gasteiger partial charge in [0.05, 0.1) is 0 Å². The zero-order chi connectivity index (χ0) is 11.0. The number of hydrogen-bond donors (Lipinski definition) is 1. The van der Waals surface area contributed by atoms with Crippen molar-refractivity contribution < 1.29 is 14.3 Å². The van der Waals surface area contributed by atoms with Gasteiger partial charge in [-0.2, -0.15) is 0 Å². The first-order chi connectivity index (χ1) is 7.83. The minimum Gasteiger partial charge on any atom is -0.454 e. The Morgan fingerprint density at radius 3 is 2.94 bits per heavy atom. The number of benzene rings is 1. The van der Waals surface area contributed by atoms with Crippen LogP contribution in [0.4, 0.5) is 0 Å². The third kappa shape index (κ3) is 1.83. The second kappa shape index (κ2) is 3.70. The van der Waals surface area contributed by atoms with Gasteiger partial charge in [-0.25, -0.2) is 0 Å². The molecular formula is C12H13NO3. The number of carbonyl (C=O) groups is 1. The van der Waals surface area contributed by atoms with Crippen molar-refractivity contribution in [2.45, 2.75) is 19.4 Å². The normalized spacial score (nSPS) is 17.2. The third-order valence-electron chi connectivity index (χ3n) is 2.85. The molecule has 1 heterocycles. The fraction of sp³-hybridized carbons (Fsp3) is 0.417. The van der Waals surface area contributed by atoms with Crippen molar-refractivity contribution in [2.75, 3.05) is 6.79 Å². The fourth-order valence-corrected chi connectivity index (χ4v) is 1.73. The summed E-state index contributed by atoms with van der Waals surface area (Å²) in [5.74, 6) is 1.96. The van der Waals surface area contributed by atoms with Crippen LogP contribution in [0.1, 0.15) is 18.4 Å². The molecule has 1 saturated carbocycles. The number of carbonyl (C=O) groups excluding carboxylic acids is 1. The molecule has 1 N–H and O–H groups in total. The van der Waals surface area contributed by atoms with E-state index < -0.39 is 0 Å². The van der Waals surface area contributed by atoms with Crippen LogP contribution in [-0.4, -0.2) is 12.7 Å². The molecule has 0 bridgehead atoms. The van der Waals surface area contributed by atoms with Crippen LogP contribution in [0.25, 0.3) is 0 Å². The number of rotatable bonds is 3. The standard InChI is InChI=1S/C12H13NO3/c14-12(9-2-3-9)13-6-8-1-4-10-11(5-8)16-7-15-10/h1,4-5,9H,2-3,6-7H2,(H,13,14). The molecule has 2 aliphatic rings. The van der Waals surface area contributed by atoms with Crippen LogP contribution >= 0.6 is 0 Å². The lowest BCUT2D eigenvalue weighted by Crippen LogP contribution is -2.24. The van der Waals surface area contributed by atoms with Crippen molar-refractivity contribution in [3.63, 3.8) is 0 Å². The van der Waals surface area contributed by atoms with E-state index in [1.807, 2.05) is 18.2 Å². The van der Waals surface area contributed by atoms with E-state index in [0.717, 1.165) is 29.9 Å². The molecule has 0 radical (unpaired) electrons. The summed E-state index contributed by atoms with van der Waals surface area (Å²) in [6.07, 6.45) is 2.07. The predicted molar refractivity (Wildman–Crippen MR) is 57.1 cm³/mol. The molecule has 16 heavy (non-hydrogen) atoms. The SMILES string of the molecule is O=C(NCc1ccc2c(c1)OCO2)C1CC1. The number of hydrogen-bond acceptors (Lipinski definition) is 3. The lowest BCUT2D eigenvalue weighted by molar-refractivity contribution is -0.122. The van der Waals surface area contributed by atoms with Crippen molar-refractivity contribution >= 4 is 5.91 Å². The Hall–Kier alpha value is -1.71. The molecule has 0 spiro atoms. The van der Waals surface area contributed by atoms with Crippen LogP contribution < -0.4 is 14.8 Å². The minimum atomic E-state index is 0.165. The highest BCUT2D eigenvalue weighted by atomic mass is 16.7. The average Bonchev–Trinajstić information content (AvgIpc) is 3.04. The quantitative estimate of drug-likeness (QED) is 0.836. The minimum absolute atomic E-state index is 0.165. The number of nitrogens with one attached hydrogen (secondary N) is 1. The second-order valence-electron chi connectivity index (χ2n) is 4.18. The van der Waals surface area contributed by atoms with Gasteiger partial charge in [0.15, 0.2) is 11.5 Å². The van der Waals surface area contributed by atoms with Gasteiger partial charge in [-0.3, -0.25) is 4.79 Å². The van der Waals surface area contributed by atoms with E-state index in [2.05, 4.69) is 5.32 Å². The van der Waals surface area contributed by atoms with Gasteiger partial charge >= 0.3 is 0 Å². The number of fused-ring (bicyclic) bond motifs is 1. The van der Waals surface area contributed by atoms with Crippen LogP contribution in [0.15, 0.2) is 18.2 Å². The summed E-state index contributed by atoms with van der Waals surface area (Å²) in [6.45, 7) is 0.846. The Morgan fingerprint density at radius 2 is 2.12 bits per heavy atom. The molecule has 0 saturated heterocycles. The molecule has 0 aromatic heterocycles. The van der Waals surface area contributed by atoms with E-state index in [4.69, 9.17) is 9.47 Å². The molecule has 1 aromatic carbocycles. The predicted octanol–water partition coefficient (Wildman–Crippen LogP) is 1.44. The third-order valence-corrected chi connectivity index (χ3v) is 2.85. The van der Waals surface area contributed by atoms with Gasteiger partial charge in [0, 0.05) is 12.5 Å². The lowest BCUT2D eigenvalue weighted by Gasteiger charge is -2.05.